The number of nitrogens with one attached hydrogen (secondary N) is 1. The molecule has 0 aliphatic heterocycles. The maximum atomic E-state index is 9.19. The van der Waals surface area contributed by atoms with Crippen molar-refractivity contribution in [2.45, 2.75) is 46.7 Å². The van der Waals surface area contributed by atoms with Crippen LogP contribution in [0.15, 0.2) is 59.1 Å². The van der Waals surface area contributed by atoms with E-state index < -0.39 is 0 Å². The molecule has 2 aromatic carbocycles. The van der Waals surface area contributed by atoms with Crippen molar-refractivity contribution in [1.82, 2.24) is 5.32 Å². The molecule has 0 aliphatic rings. The number of benzene rings is 2. The van der Waals surface area contributed by atoms with Crippen molar-refractivity contribution in [2.24, 2.45) is 4.99 Å². The van der Waals surface area contributed by atoms with E-state index in [0.717, 1.165) is 35.8 Å². The van der Waals surface area contributed by atoms with Gasteiger partial charge in [-0.1, -0.05) is 60.0 Å². The fraction of sp³-hybridized carbons (Fsp3) is 0.385. The number of allylic oxidation sites excluding steroid dienone is 1. The molecule has 0 bridgehead atoms. The van der Waals surface area contributed by atoms with Crippen LogP contribution in [-0.4, -0.2) is 32.4 Å². The summed E-state index contributed by atoms with van der Waals surface area (Å²) in [5, 5.41) is 14.0. The van der Waals surface area contributed by atoms with Gasteiger partial charge in [-0.2, -0.15) is 5.26 Å². The molecule has 0 radical (unpaired) electrons. The summed E-state index contributed by atoms with van der Waals surface area (Å²) in [6, 6.07) is 15.9. The average Bonchev–Trinajstić information content (AvgIpc) is 2.81. The van der Waals surface area contributed by atoms with Crippen LogP contribution in [0.4, 0.5) is 5.69 Å². The van der Waals surface area contributed by atoms with Crippen LogP contribution in [0.3, 0.4) is 0 Å². The van der Waals surface area contributed by atoms with E-state index in [0.29, 0.717) is 17.1 Å². The number of nitriles is 1. The van der Waals surface area contributed by atoms with Gasteiger partial charge in [-0.25, -0.2) is 0 Å². The minimum absolute atomic E-state index is 0.255. The summed E-state index contributed by atoms with van der Waals surface area (Å²) < 4.78 is 0. The Morgan fingerprint density at radius 3 is 2.41 bits per heavy atom. The normalized spacial score (nSPS) is 12.1. The molecule has 0 amide bonds. The van der Waals surface area contributed by atoms with E-state index in [4.69, 9.17) is 23.2 Å². The lowest BCUT2D eigenvalue weighted by Gasteiger charge is -2.34. The Bertz CT molecular complexity index is 928. The second-order valence-electron chi connectivity index (χ2n) is 7.34. The zero-order valence-corrected chi connectivity index (χ0v) is 21.2. The predicted molar refractivity (Wildman–Crippen MR) is 140 cm³/mol. The first kappa shape index (κ1) is 27.7. The topological polar surface area (TPSA) is 51.4 Å². The van der Waals surface area contributed by atoms with Gasteiger partial charge in [0.05, 0.1) is 10.6 Å². The van der Waals surface area contributed by atoms with Crippen molar-refractivity contribution in [2.75, 3.05) is 25.0 Å². The quantitative estimate of drug-likeness (QED) is 0.318. The van der Waals surface area contributed by atoms with Crippen LogP contribution in [0.25, 0.3) is 0 Å². The maximum absolute atomic E-state index is 9.19. The van der Waals surface area contributed by atoms with Gasteiger partial charge < -0.3 is 15.2 Å². The monoisotopic (exact) mass is 472 g/mol. The van der Waals surface area contributed by atoms with E-state index in [1.807, 2.05) is 43.3 Å². The molecule has 172 valence electrons. The predicted octanol–water partition coefficient (Wildman–Crippen LogP) is 6.91. The summed E-state index contributed by atoms with van der Waals surface area (Å²) in [6.45, 7) is 10.6. The van der Waals surface area contributed by atoms with Gasteiger partial charge in [-0.3, -0.25) is 0 Å². The van der Waals surface area contributed by atoms with Gasteiger partial charge in [-0.15, -0.1) is 0 Å². The number of halogens is 2. The van der Waals surface area contributed by atoms with E-state index >= 15 is 0 Å². The largest absolute Gasteiger partial charge is 0.363 e. The third-order valence-corrected chi connectivity index (χ3v) is 5.83. The molecule has 0 saturated heterocycles. The highest BCUT2D eigenvalue weighted by Crippen LogP contribution is 2.28. The highest BCUT2D eigenvalue weighted by atomic mass is 35.5. The fourth-order valence-electron chi connectivity index (χ4n) is 3.03. The number of aliphatic imine (C=N–C) groups is 1. The van der Waals surface area contributed by atoms with Crippen LogP contribution in [0.5, 0.6) is 0 Å². The summed E-state index contributed by atoms with van der Waals surface area (Å²) >= 11 is 12.8. The Labute approximate surface area is 203 Å². The van der Waals surface area contributed by atoms with Crippen LogP contribution in [0.2, 0.25) is 10.0 Å². The number of hydrogen-bond acceptors (Lipinski definition) is 4. The van der Waals surface area contributed by atoms with E-state index in [-0.39, 0.29) is 6.04 Å². The van der Waals surface area contributed by atoms with Crippen molar-refractivity contribution in [3.8, 4) is 6.07 Å². The Kier molecular flexibility index (Phi) is 13.4. The Hall–Kier alpha value is -2.32. The molecule has 0 saturated carbocycles. The zero-order chi connectivity index (χ0) is 23.9. The van der Waals surface area contributed by atoms with Crippen LogP contribution >= 0.6 is 23.2 Å². The van der Waals surface area contributed by atoms with Crippen molar-refractivity contribution in [1.29, 1.82) is 5.26 Å². The van der Waals surface area contributed by atoms with Crippen molar-refractivity contribution >= 4 is 35.1 Å². The van der Waals surface area contributed by atoms with Crippen LogP contribution in [0.1, 0.15) is 45.2 Å². The second kappa shape index (κ2) is 15.5. The van der Waals surface area contributed by atoms with Crippen molar-refractivity contribution < 1.29 is 0 Å². The first-order chi connectivity index (χ1) is 15.4. The standard InChI is InChI=1S/C23H27Cl2N3.C3H7N/c1-4-17(3)14-27-15-20(5-2)28(16-19-8-6-7-9-22(19)24)21-11-10-18(13-26)23(25)12-21;1-3-4-2/h4,6-12,20,27H,5,14-16H2,1-3H3;3H,1-2H3/b17-4+;. The Balaban J connectivity index is 0.00000118. The summed E-state index contributed by atoms with van der Waals surface area (Å²) in [5.41, 5.74) is 3.85. The molecule has 4 nitrogen and oxygen atoms in total. The summed E-state index contributed by atoms with van der Waals surface area (Å²) in [6.07, 6.45) is 4.83. The summed E-state index contributed by atoms with van der Waals surface area (Å²) in [7, 11) is 1.75. The number of rotatable bonds is 9. The lowest BCUT2D eigenvalue weighted by molar-refractivity contribution is 0.528. The fourth-order valence-corrected chi connectivity index (χ4v) is 3.44. The molecule has 6 heteroatoms. The molecule has 1 N–H and O–H groups in total. The van der Waals surface area contributed by atoms with Gasteiger partial charge in [0.15, 0.2) is 0 Å². The molecular formula is C26H34Cl2N4. The zero-order valence-electron chi connectivity index (χ0n) is 19.7. The van der Waals surface area contributed by atoms with E-state index in [9.17, 15) is 5.26 Å². The second-order valence-corrected chi connectivity index (χ2v) is 8.15. The molecule has 2 rings (SSSR count). The molecule has 1 unspecified atom stereocenters. The van der Waals surface area contributed by atoms with Crippen molar-refractivity contribution in [3.05, 3.63) is 75.3 Å². The van der Waals surface area contributed by atoms with Crippen LogP contribution in [-0.2, 0) is 6.54 Å². The molecule has 2 aromatic rings. The van der Waals surface area contributed by atoms with Crippen LogP contribution in [0, 0.1) is 11.3 Å². The van der Waals surface area contributed by atoms with Gasteiger partial charge in [0, 0.05) is 43.4 Å². The van der Waals surface area contributed by atoms with Gasteiger partial charge >= 0.3 is 0 Å². The molecule has 0 heterocycles. The smallest absolute Gasteiger partial charge is 0.101 e. The Morgan fingerprint density at radius 1 is 1.19 bits per heavy atom. The first-order valence-electron chi connectivity index (χ1n) is 10.8. The molecular weight excluding hydrogens is 439 g/mol. The van der Waals surface area contributed by atoms with E-state index in [1.54, 1.807) is 19.3 Å². The molecule has 1 atom stereocenters. The minimum atomic E-state index is 0.255. The highest BCUT2D eigenvalue weighted by Gasteiger charge is 2.20. The lowest BCUT2D eigenvalue weighted by Crippen LogP contribution is -2.42. The third-order valence-electron chi connectivity index (χ3n) is 5.15. The SMILES string of the molecule is C/C=C(\C)CNCC(CC)N(Cc1ccccc1Cl)c1ccc(C#N)c(Cl)c1.CC=NC. The summed E-state index contributed by atoms with van der Waals surface area (Å²) in [4.78, 5) is 5.92. The van der Waals surface area contributed by atoms with Gasteiger partial charge in [0.25, 0.3) is 0 Å². The average molecular weight is 473 g/mol. The molecule has 0 aromatic heterocycles. The van der Waals surface area contributed by atoms with Gasteiger partial charge in [0.2, 0.25) is 0 Å². The molecule has 32 heavy (non-hydrogen) atoms. The summed E-state index contributed by atoms with van der Waals surface area (Å²) in [5.74, 6) is 0. The van der Waals surface area contributed by atoms with E-state index in [1.165, 1.54) is 5.57 Å². The molecule has 0 spiro atoms. The maximum Gasteiger partial charge on any atom is 0.101 e. The molecule has 0 fully saturated rings. The minimum Gasteiger partial charge on any atom is -0.363 e. The third kappa shape index (κ3) is 9.04. The lowest BCUT2D eigenvalue weighted by atomic mass is 10.1. The number of hydrogen-bond donors (Lipinski definition) is 1. The van der Waals surface area contributed by atoms with Crippen molar-refractivity contribution in [3.63, 3.8) is 0 Å². The Morgan fingerprint density at radius 2 is 1.88 bits per heavy atom. The van der Waals surface area contributed by atoms with Gasteiger partial charge in [0.1, 0.15) is 6.07 Å². The first-order valence-corrected chi connectivity index (χ1v) is 11.6. The highest BCUT2D eigenvalue weighted by molar-refractivity contribution is 6.32. The number of nitrogens with zero attached hydrogens (tertiary/aromatic N) is 3. The molecule has 0 aliphatic carbocycles. The van der Waals surface area contributed by atoms with Crippen LogP contribution < -0.4 is 10.2 Å². The number of anilines is 1. The van der Waals surface area contributed by atoms with E-state index in [2.05, 4.69) is 48.1 Å². The van der Waals surface area contributed by atoms with Gasteiger partial charge in [-0.05, 0) is 63.2 Å².